The van der Waals surface area contributed by atoms with E-state index in [0.717, 1.165) is 6.07 Å². The zero-order valence-corrected chi connectivity index (χ0v) is 11.1. The molecule has 0 fully saturated rings. The van der Waals surface area contributed by atoms with Gasteiger partial charge in [-0.15, -0.1) is 0 Å². The lowest BCUT2D eigenvalue weighted by atomic mass is 10.1. The summed E-state index contributed by atoms with van der Waals surface area (Å²) in [6, 6.07) is 1.24. The second kappa shape index (κ2) is 6.83. The van der Waals surface area contributed by atoms with E-state index in [4.69, 9.17) is 5.11 Å². The van der Waals surface area contributed by atoms with E-state index in [1.165, 1.54) is 6.07 Å². The Bertz CT molecular complexity index is 506. The van der Waals surface area contributed by atoms with Crippen molar-refractivity contribution in [1.82, 2.24) is 10.6 Å². The van der Waals surface area contributed by atoms with Crippen LogP contribution in [0.1, 0.15) is 19.4 Å². The molecule has 20 heavy (non-hydrogen) atoms. The fourth-order valence-electron chi connectivity index (χ4n) is 1.55. The summed E-state index contributed by atoms with van der Waals surface area (Å²) in [4.78, 5) is 22.4. The van der Waals surface area contributed by atoms with Crippen LogP contribution in [0.5, 0.6) is 0 Å². The highest BCUT2D eigenvalue weighted by Gasteiger charge is 2.23. The highest BCUT2D eigenvalue weighted by Crippen LogP contribution is 2.09. The average molecular weight is 286 g/mol. The van der Waals surface area contributed by atoms with Crippen molar-refractivity contribution in [2.75, 3.05) is 0 Å². The molecular formula is C13H16F2N2O3. The number of halogens is 2. The van der Waals surface area contributed by atoms with Crippen molar-refractivity contribution >= 4 is 12.0 Å². The zero-order chi connectivity index (χ0) is 15.3. The van der Waals surface area contributed by atoms with Gasteiger partial charge in [-0.05, 0) is 12.0 Å². The maximum atomic E-state index is 13.3. The first kappa shape index (κ1) is 15.9. The molecule has 0 aliphatic heterocycles. The number of carboxylic acids is 1. The Morgan fingerprint density at radius 1 is 1.30 bits per heavy atom. The predicted molar refractivity (Wildman–Crippen MR) is 68.0 cm³/mol. The van der Waals surface area contributed by atoms with E-state index in [1.807, 2.05) is 0 Å². The first-order chi connectivity index (χ1) is 9.31. The van der Waals surface area contributed by atoms with Gasteiger partial charge in [0.2, 0.25) is 0 Å². The Morgan fingerprint density at radius 2 is 1.95 bits per heavy atom. The molecule has 1 aromatic carbocycles. The van der Waals surface area contributed by atoms with Gasteiger partial charge in [-0.3, -0.25) is 0 Å². The zero-order valence-electron chi connectivity index (χ0n) is 11.1. The van der Waals surface area contributed by atoms with Crippen LogP contribution in [-0.2, 0) is 11.3 Å². The summed E-state index contributed by atoms with van der Waals surface area (Å²) in [5, 5.41) is 13.5. The van der Waals surface area contributed by atoms with E-state index in [-0.39, 0.29) is 18.0 Å². The first-order valence-electron chi connectivity index (χ1n) is 6.02. The minimum Gasteiger partial charge on any atom is -0.480 e. The van der Waals surface area contributed by atoms with Gasteiger partial charge in [0.15, 0.2) is 0 Å². The number of urea groups is 1. The standard InChI is InChI=1S/C13H16F2N2O3/c1-7(2)11(12(18)19)17-13(20)16-6-8-3-4-9(14)5-10(8)15/h3-5,7,11H,6H2,1-2H3,(H,18,19)(H2,16,17,20)/t11-/m1/s1. The average Bonchev–Trinajstić information content (AvgIpc) is 2.34. The van der Waals surface area contributed by atoms with E-state index >= 15 is 0 Å². The number of carboxylic acid groups (broad SMARTS) is 1. The fourth-order valence-corrected chi connectivity index (χ4v) is 1.55. The van der Waals surface area contributed by atoms with E-state index in [0.29, 0.717) is 6.07 Å². The molecule has 7 heteroatoms. The van der Waals surface area contributed by atoms with Gasteiger partial charge in [-0.2, -0.15) is 0 Å². The van der Waals surface area contributed by atoms with Crippen LogP contribution in [0.15, 0.2) is 18.2 Å². The van der Waals surface area contributed by atoms with E-state index in [9.17, 15) is 18.4 Å². The molecule has 0 radical (unpaired) electrons. The summed E-state index contributed by atoms with van der Waals surface area (Å²) in [7, 11) is 0. The lowest BCUT2D eigenvalue weighted by molar-refractivity contribution is -0.140. The van der Waals surface area contributed by atoms with Crippen molar-refractivity contribution in [3.05, 3.63) is 35.4 Å². The number of benzene rings is 1. The van der Waals surface area contributed by atoms with Gasteiger partial charge < -0.3 is 15.7 Å². The van der Waals surface area contributed by atoms with Crippen LogP contribution in [0.25, 0.3) is 0 Å². The fraction of sp³-hybridized carbons (Fsp3) is 0.385. The minimum absolute atomic E-state index is 0.109. The number of carbonyl (C=O) groups is 2. The molecule has 0 aliphatic rings. The topological polar surface area (TPSA) is 78.4 Å². The molecule has 0 spiro atoms. The van der Waals surface area contributed by atoms with Gasteiger partial charge in [0.25, 0.3) is 0 Å². The summed E-state index contributed by atoms with van der Waals surface area (Å²) in [6.45, 7) is 3.14. The maximum Gasteiger partial charge on any atom is 0.326 e. The SMILES string of the molecule is CC(C)[C@@H](NC(=O)NCc1ccc(F)cc1F)C(=O)O. The van der Waals surface area contributed by atoms with Crippen molar-refractivity contribution in [3.8, 4) is 0 Å². The second-order valence-electron chi connectivity index (χ2n) is 4.62. The number of hydrogen-bond donors (Lipinski definition) is 3. The summed E-state index contributed by atoms with van der Waals surface area (Å²) < 4.78 is 26.0. The smallest absolute Gasteiger partial charge is 0.326 e. The third-order valence-electron chi connectivity index (χ3n) is 2.67. The third kappa shape index (κ3) is 4.49. The van der Waals surface area contributed by atoms with Crippen LogP contribution in [-0.4, -0.2) is 23.1 Å². The summed E-state index contributed by atoms with van der Waals surface area (Å²) in [5.41, 5.74) is 0.109. The molecule has 1 atom stereocenters. The summed E-state index contributed by atoms with van der Waals surface area (Å²) in [6.07, 6.45) is 0. The second-order valence-corrected chi connectivity index (χ2v) is 4.62. The van der Waals surface area contributed by atoms with Gasteiger partial charge in [0, 0.05) is 18.2 Å². The molecule has 1 rings (SSSR count). The van der Waals surface area contributed by atoms with E-state index in [1.54, 1.807) is 13.8 Å². The van der Waals surface area contributed by atoms with Crippen LogP contribution in [0.3, 0.4) is 0 Å². The molecule has 0 heterocycles. The van der Waals surface area contributed by atoms with Crippen LogP contribution in [0.2, 0.25) is 0 Å². The quantitative estimate of drug-likeness (QED) is 0.773. The number of hydrogen-bond acceptors (Lipinski definition) is 2. The van der Waals surface area contributed by atoms with Gasteiger partial charge in [0.1, 0.15) is 17.7 Å². The Hall–Kier alpha value is -2.18. The molecule has 110 valence electrons. The highest BCUT2D eigenvalue weighted by molar-refractivity contribution is 5.82. The number of nitrogens with one attached hydrogen (secondary N) is 2. The predicted octanol–water partition coefficient (Wildman–Crippen LogP) is 1.87. The van der Waals surface area contributed by atoms with Gasteiger partial charge in [-0.25, -0.2) is 18.4 Å². The molecule has 0 unspecified atom stereocenters. The molecular weight excluding hydrogens is 270 g/mol. The van der Waals surface area contributed by atoms with Crippen molar-refractivity contribution in [2.45, 2.75) is 26.4 Å². The van der Waals surface area contributed by atoms with E-state index < -0.39 is 29.7 Å². The lowest BCUT2D eigenvalue weighted by Gasteiger charge is -2.18. The van der Waals surface area contributed by atoms with Crippen molar-refractivity contribution in [1.29, 1.82) is 0 Å². The Morgan fingerprint density at radius 3 is 2.45 bits per heavy atom. The molecule has 5 nitrogen and oxygen atoms in total. The maximum absolute atomic E-state index is 13.3. The van der Waals surface area contributed by atoms with Crippen molar-refractivity contribution in [2.24, 2.45) is 5.92 Å². The normalized spacial score (nSPS) is 12.1. The molecule has 0 aromatic heterocycles. The highest BCUT2D eigenvalue weighted by atomic mass is 19.1. The lowest BCUT2D eigenvalue weighted by Crippen LogP contribution is -2.48. The molecule has 2 amide bonds. The van der Waals surface area contributed by atoms with E-state index in [2.05, 4.69) is 10.6 Å². The molecule has 0 saturated heterocycles. The summed E-state index contributed by atoms with van der Waals surface area (Å²) in [5.74, 6) is -2.92. The van der Waals surface area contributed by atoms with Crippen LogP contribution in [0.4, 0.5) is 13.6 Å². The van der Waals surface area contributed by atoms with Crippen molar-refractivity contribution < 1.29 is 23.5 Å². The number of amides is 2. The van der Waals surface area contributed by atoms with Gasteiger partial charge >= 0.3 is 12.0 Å². The number of carbonyl (C=O) groups excluding carboxylic acids is 1. The monoisotopic (exact) mass is 286 g/mol. The largest absolute Gasteiger partial charge is 0.480 e. The van der Waals surface area contributed by atoms with Crippen LogP contribution >= 0.6 is 0 Å². The molecule has 0 aliphatic carbocycles. The Kier molecular flexibility index (Phi) is 5.42. The van der Waals surface area contributed by atoms with Crippen LogP contribution < -0.4 is 10.6 Å². The Balaban J connectivity index is 2.57. The molecule has 1 aromatic rings. The van der Waals surface area contributed by atoms with Gasteiger partial charge in [-0.1, -0.05) is 19.9 Å². The number of rotatable bonds is 5. The van der Waals surface area contributed by atoms with Crippen molar-refractivity contribution in [3.63, 3.8) is 0 Å². The molecule has 0 saturated carbocycles. The minimum atomic E-state index is -1.15. The summed E-state index contributed by atoms with van der Waals surface area (Å²) >= 11 is 0. The molecule has 3 N–H and O–H groups in total. The first-order valence-corrected chi connectivity index (χ1v) is 6.02. The number of aliphatic carboxylic acids is 1. The molecule has 0 bridgehead atoms. The van der Waals surface area contributed by atoms with Crippen LogP contribution in [0, 0.1) is 17.6 Å². The van der Waals surface area contributed by atoms with Gasteiger partial charge in [0.05, 0.1) is 0 Å². The Labute approximate surface area is 115 Å². The third-order valence-corrected chi connectivity index (χ3v) is 2.67.